The van der Waals surface area contributed by atoms with Crippen LogP contribution in [0.15, 0.2) is 24.3 Å². The number of halogens is 1. The second kappa shape index (κ2) is 8.87. The number of ether oxygens (including phenoxy) is 2. The number of likely N-dealkylation sites (N-methyl/N-ethyl adjacent to an activating group) is 1. The van der Waals surface area contributed by atoms with Crippen molar-refractivity contribution in [2.24, 2.45) is 0 Å². The minimum Gasteiger partial charge on any atom is -0.490 e. The van der Waals surface area contributed by atoms with E-state index in [1.54, 1.807) is 12.0 Å². The molecule has 1 heterocycles. The number of carbonyl (C=O) groups is 1. The van der Waals surface area contributed by atoms with E-state index in [-0.39, 0.29) is 24.4 Å². The average molecular weight is 315 g/mol. The molecule has 1 saturated heterocycles. The van der Waals surface area contributed by atoms with Crippen molar-refractivity contribution >= 4 is 18.3 Å². The number of carbonyl (C=O) groups excluding carboxylic acids is 1. The van der Waals surface area contributed by atoms with Gasteiger partial charge in [0.05, 0.1) is 12.2 Å². The number of para-hydroxylation sites is 1. The van der Waals surface area contributed by atoms with Crippen molar-refractivity contribution in [2.45, 2.75) is 12.5 Å². The smallest absolute Gasteiger partial charge is 0.257 e. The van der Waals surface area contributed by atoms with Crippen LogP contribution in [0.25, 0.3) is 0 Å². The standard InChI is InChI=1S/C15H22N2O3.ClH/c1-17(12-7-8-16-11-12)15(18)13-5-3-4-6-14(13)20-10-9-19-2;/h3-6,12,16H,7-11H2,1-2H3;1H. The van der Waals surface area contributed by atoms with Crippen molar-refractivity contribution in [3.63, 3.8) is 0 Å². The van der Waals surface area contributed by atoms with Gasteiger partial charge in [-0.2, -0.15) is 0 Å². The number of rotatable bonds is 6. The van der Waals surface area contributed by atoms with Crippen LogP contribution in [0, 0.1) is 0 Å². The average Bonchev–Trinajstić information content (AvgIpc) is 3.01. The van der Waals surface area contributed by atoms with E-state index in [0.29, 0.717) is 24.5 Å². The van der Waals surface area contributed by atoms with E-state index >= 15 is 0 Å². The van der Waals surface area contributed by atoms with Gasteiger partial charge in [0.2, 0.25) is 0 Å². The molecule has 118 valence electrons. The highest BCUT2D eigenvalue weighted by atomic mass is 35.5. The van der Waals surface area contributed by atoms with E-state index in [2.05, 4.69) is 5.32 Å². The van der Waals surface area contributed by atoms with Crippen LogP contribution in [-0.2, 0) is 4.74 Å². The summed E-state index contributed by atoms with van der Waals surface area (Å²) in [4.78, 5) is 14.4. The summed E-state index contributed by atoms with van der Waals surface area (Å²) in [5, 5.41) is 3.27. The molecule has 0 aliphatic carbocycles. The molecular formula is C15H23ClN2O3. The highest BCUT2D eigenvalue weighted by Gasteiger charge is 2.25. The van der Waals surface area contributed by atoms with E-state index in [1.807, 2.05) is 31.3 Å². The summed E-state index contributed by atoms with van der Waals surface area (Å²) < 4.78 is 10.6. The SMILES string of the molecule is COCCOc1ccccc1C(=O)N(C)C1CCNC1.Cl. The van der Waals surface area contributed by atoms with Crippen LogP contribution in [0.4, 0.5) is 0 Å². The minimum atomic E-state index is 0. The molecule has 1 aromatic carbocycles. The maximum Gasteiger partial charge on any atom is 0.257 e. The Labute approximate surface area is 132 Å². The van der Waals surface area contributed by atoms with E-state index in [1.165, 1.54) is 0 Å². The van der Waals surface area contributed by atoms with Gasteiger partial charge in [0.25, 0.3) is 5.91 Å². The summed E-state index contributed by atoms with van der Waals surface area (Å²) in [6, 6.07) is 7.62. The van der Waals surface area contributed by atoms with Crippen LogP contribution < -0.4 is 10.1 Å². The molecule has 6 heteroatoms. The van der Waals surface area contributed by atoms with Crippen LogP contribution in [0.3, 0.4) is 0 Å². The van der Waals surface area contributed by atoms with Crippen LogP contribution in [0.2, 0.25) is 0 Å². The van der Waals surface area contributed by atoms with Gasteiger partial charge in [0.15, 0.2) is 0 Å². The minimum absolute atomic E-state index is 0. The molecule has 1 aliphatic heterocycles. The van der Waals surface area contributed by atoms with Crippen molar-refractivity contribution in [3.05, 3.63) is 29.8 Å². The highest BCUT2D eigenvalue weighted by Crippen LogP contribution is 2.21. The van der Waals surface area contributed by atoms with Crippen LogP contribution >= 0.6 is 12.4 Å². The molecule has 21 heavy (non-hydrogen) atoms. The Bertz CT molecular complexity index is 450. The summed E-state index contributed by atoms with van der Waals surface area (Å²) in [6.45, 7) is 2.77. The molecule has 1 atom stereocenters. The molecule has 1 amide bonds. The summed E-state index contributed by atoms with van der Waals surface area (Å²) in [5.41, 5.74) is 0.609. The van der Waals surface area contributed by atoms with Gasteiger partial charge in [0.1, 0.15) is 12.4 Å². The predicted molar refractivity (Wildman–Crippen MR) is 84.4 cm³/mol. The van der Waals surface area contributed by atoms with Gasteiger partial charge in [-0.1, -0.05) is 12.1 Å². The van der Waals surface area contributed by atoms with Gasteiger partial charge < -0.3 is 19.7 Å². The normalized spacial score (nSPS) is 17.1. The molecule has 1 unspecified atom stereocenters. The molecule has 1 aliphatic rings. The number of amides is 1. The van der Waals surface area contributed by atoms with E-state index in [4.69, 9.17) is 9.47 Å². The van der Waals surface area contributed by atoms with Gasteiger partial charge in [0, 0.05) is 26.7 Å². The summed E-state index contributed by atoms with van der Waals surface area (Å²) >= 11 is 0. The Morgan fingerprint density at radius 1 is 1.38 bits per heavy atom. The first-order valence-corrected chi connectivity index (χ1v) is 6.92. The third-order valence-electron chi connectivity index (χ3n) is 3.56. The maximum atomic E-state index is 12.6. The van der Waals surface area contributed by atoms with Crippen molar-refractivity contribution in [1.82, 2.24) is 10.2 Å². The molecule has 0 radical (unpaired) electrons. The second-order valence-corrected chi connectivity index (χ2v) is 4.90. The third-order valence-corrected chi connectivity index (χ3v) is 3.56. The number of nitrogens with one attached hydrogen (secondary N) is 1. The Morgan fingerprint density at radius 2 is 2.14 bits per heavy atom. The molecule has 5 nitrogen and oxygen atoms in total. The molecule has 0 aromatic heterocycles. The van der Waals surface area contributed by atoms with Crippen LogP contribution in [-0.4, -0.2) is 57.3 Å². The summed E-state index contributed by atoms with van der Waals surface area (Å²) in [5.74, 6) is 0.624. The zero-order valence-electron chi connectivity index (χ0n) is 12.5. The molecule has 0 saturated carbocycles. The number of benzene rings is 1. The Balaban J connectivity index is 0.00000220. The van der Waals surface area contributed by atoms with Gasteiger partial charge in [-0.25, -0.2) is 0 Å². The lowest BCUT2D eigenvalue weighted by Gasteiger charge is -2.24. The Kier molecular flexibility index (Phi) is 7.50. The van der Waals surface area contributed by atoms with Gasteiger partial charge in [-0.05, 0) is 25.1 Å². The lowest BCUT2D eigenvalue weighted by Crippen LogP contribution is -2.38. The highest BCUT2D eigenvalue weighted by molar-refractivity contribution is 5.97. The van der Waals surface area contributed by atoms with E-state index in [0.717, 1.165) is 19.5 Å². The summed E-state index contributed by atoms with van der Waals surface area (Å²) in [6.07, 6.45) is 0.995. The molecule has 1 aromatic rings. The number of methoxy groups -OCH3 is 1. The summed E-state index contributed by atoms with van der Waals surface area (Å²) in [7, 11) is 3.48. The first kappa shape index (κ1) is 17.8. The monoisotopic (exact) mass is 314 g/mol. The topological polar surface area (TPSA) is 50.8 Å². The fourth-order valence-electron chi connectivity index (χ4n) is 2.33. The zero-order valence-corrected chi connectivity index (χ0v) is 13.3. The third kappa shape index (κ3) is 4.59. The predicted octanol–water partition coefficient (Wildman–Crippen LogP) is 1.57. The largest absolute Gasteiger partial charge is 0.490 e. The molecule has 0 bridgehead atoms. The quantitative estimate of drug-likeness (QED) is 0.810. The van der Waals surface area contributed by atoms with Crippen molar-refractivity contribution in [3.8, 4) is 5.75 Å². The molecule has 2 rings (SSSR count). The zero-order chi connectivity index (χ0) is 14.4. The van der Waals surface area contributed by atoms with E-state index < -0.39 is 0 Å². The fraction of sp³-hybridized carbons (Fsp3) is 0.533. The van der Waals surface area contributed by atoms with Crippen molar-refractivity contribution < 1.29 is 14.3 Å². The first-order valence-electron chi connectivity index (χ1n) is 6.92. The molecule has 1 N–H and O–H groups in total. The number of hydrogen-bond acceptors (Lipinski definition) is 4. The first-order chi connectivity index (χ1) is 9.74. The molecular weight excluding hydrogens is 292 g/mol. The Morgan fingerprint density at radius 3 is 2.81 bits per heavy atom. The van der Waals surface area contributed by atoms with Gasteiger partial charge in [-0.3, -0.25) is 4.79 Å². The lowest BCUT2D eigenvalue weighted by molar-refractivity contribution is 0.0736. The Hall–Kier alpha value is -1.30. The van der Waals surface area contributed by atoms with Crippen LogP contribution in [0.1, 0.15) is 16.8 Å². The van der Waals surface area contributed by atoms with E-state index in [9.17, 15) is 4.79 Å². The van der Waals surface area contributed by atoms with Crippen molar-refractivity contribution in [1.29, 1.82) is 0 Å². The number of nitrogens with zero attached hydrogens (tertiary/aromatic N) is 1. The molecule has 0 spiro atoms. The number of hydrogen-bond donors (Lipinski definition) is 1. The van der Waals surface area contributed by atoms with Gasteiger partial charge in [-0.15, -0.1) is 12.4 Å². The second-order valence-electron chi connectivity index (χ2n) is 4.90. The molecule has 1 fully saturated rings. The van der Waals surface area contributed by atoms with Crippen molar-refractivity contribution in [2.75, 3.05) is 40.5 Å². The lowest BCUT2D eigenvalue weighted by atomic mass is 10.1. The van der Waals surface area contributed by atoms with Crippen LogP contribution in [0.5, 0.6) is 5.75 Å². The van der Waals surface area contributed by atoms with Gasteiger partial charge >= 0.3 is 0 Å². The maximum absolute atomic E-state index is 12.6. The fourth-order valence-corrected chi connectivity index (χ4v) is 2.33.